The van der Waals surface area contributed by atoms with Gasteiger partial charge in [0.05, 0.1) is 26.7 Å². The van der Waals surface area contributed by atoms with E-state index in [1.807, 2.05) is 43.3 Å². The molecule has 1 amide bonds. The van der Waals surface area contributed by atoms with Crippen LogP contribution >= 0.6 is 11.8 Å². The number of anilines is 2. The summed E-state index contributed by atoms with van der Waals surface area (Å²) < 4.78 is 29.7. The van der Waals surface area contributed by atoms with E-state index < -0.39 is 15.3 Å². The highest BCUT2D eigenvalue weighted by molar-refractivity contribution is 8.00. The van der Waals surface area contributed by atoms with Crippen molar-refractivity contribution < 1.29 is 13.2 Å². The molecule has 42 heavy (non-hydrogen) atoms. The van der Waals surface area contributed by atoms with E-state index in [4.69, 9.17) is 4.98 Å². The Morgan fingerprint density at radius 2 is 1.55 bits per heavy atom. The minimum Gasteiger partial charge on any atom is -0.325 e. The molecule has 0 saturated carbocycles. The van der Waals surface area contributed by atoms with Gasteiger partial charge in [0.25, 0.3) is 15.6 Å². The molecule has 0 saturated heterocycles. The minimum atomic E-state index is -3.94. The summed E-state index contributed by atoms with van der Waals surface area (Å²) in [5, 5.41) is 3.15. The van der Waals surface area contributed by atoms with Gasteiger partial charge in [0, 0.05) is 17.1 Å². The largest absolute Gasteiger partial charge is 0.325 e. The second kappa shape index (κ2) is 12.1. The smallest absolute Gasteiger partial charge is 0.266 e. The normalized spacial score (nSPS) is 12.2. The molecule has 0 radical (unpaired) electrons. The lowest BCUT2D eigenvalue weighted by Gasteiger charge is -2.18. The van der Waals surface area contributed by atoms with Gasteiger partial charge in [0.1, 0.15) is 0 Å². The number of para-hydroxylation sites is 2. The quantitative estimate of drug-likeness (QED) is 0.176. The fourth-order valence-corrected chi connectivity index (χ4v) is 6.31. The first kappa shape index (κ1) is 29.0. The van der Waals surface area contributed by atoms with Crippen LogP contribution in [-0.4, -0.2) is 39.1 Å². The van der Waals surface area contributed by atoms with Gasteiger partial charge < -0.3 is 5.32 Å². The summed E-state index contributed by atoms with van der Waals surface area (Å²) in [6.45, 7) is 5.38. The van der Waals surface area contributed by atoms with Gasteiger partial charge in [0.15, 0.2) is 5.16 Å². The summed E-state index contributed by atoms with van der Waals surface area (Å²) in [7, 11) is -3.94. The highest BCUT2D eigenvalue weighted by atomic mass is 32.2. The van der Waals surface area contributed by atoms with E-state index in [0.29, 0.717) is 45.2 Å². The van der Waals surface area contributed by atoms with Crippen LogP contribution in [-0.2, 0) is 14.8 Å². The number of carbonyl (C=O) groups excluding carboxylic acids is 1. The molecule has 0 fully saturated rings. The molecule has 0 bridgehead atoms. The van der Waals surface area contributed by atoms with Gasteiger partial charge in [-0.05, 0) is 74.9 Å². The van der Waals surface area contributed by atoms with Gasteiger partial charge in [-0.25, -0.2) is 28.1 Å². The molecular formula is C30H28N6O4S2. The van der Waals surface area contributed by atoms with E-state index in [1.165, 1.54) is 40.6 Å². The molecule has 3 aromatic carbocycles. The Morgan fingerprint density at radius 3 is 2.21 bits per heavy atom. The SMILES string of the molecule is CCC(Sc1nc2ccccc2c(=O)n1-c1ccccc1)C(=O)Nc1ccc(S(=O)(=O)Nc2nc(C)cc(C)n2)cc1. The number of fused-ring (bicyclic) bond motifs is 1. The van der Waals surface area contributed by atoms with Crippen LogP contribution in [0.15, 0.2) is 99.8 Å². The van der Waals surface area contributed by atoms with E-state index in [-0.39, 0.29) is 22.3 Å². The van der Waals surface area contributed by atoms with Crippen molar-refractivity contribution in [2.75, 3.05) is 10.0 Å². The summed E-state index contributed by atoms with van der Waals surface area (Å²) in [6.07, 6.45) is 0.459. The van der Waals surface area contributed by atoms with Gasteiger partial charge in [-0.2, -0.15) is 0 Å². The van der Waals surface area contributed by atoms with E-state index in [1.54, 1.807) is 38.1 Å². The molecule has 0 spiro atoms. The lowest BCUT2D eigenvalue weighted by atomic mass is 10.2. The molecule has 10 nitrogen and oxygen atoms in total. The number of amides is 1. The molecule has 5 rings (SSSR count). The number of nitrogens with zero attached hydrogens (tertiary/aromatic N) is 4. The van der Waals surface area contributed by atoms with Crippen LogP contribution in [0.4, 0.5) is 11.6 Å². The first-order valence-corrected chi connectivity index (χ1v) is 15.5. The number of thioether (sulfide) groups is 1. The predicted molar refractivity (Wildman–Crippen MR) is 165 cm³/mol. The van der Waals surface area contributed by atoms with Crippen molar-refractivity contribution >= 4 is 50.2 Å². The zero-order valence-electron chi connectivity index (χ0n) is 23.1. The molecule has 1 atom stereocenters. The average Bonchev–Trinajstić information content (AvgIpc) is 2.96. The Morgan fingerprint density at radius 1 is 0.905 bits per heavy atom. The molecule has 0 aliphatic rings. The zero-order valence-corrected chi connectivity index (χ0v) is 24.7. The Kier molecular flexibility index (Phi) is 8.36. The van der Waals surface area contributed by atoms with Crippen molar-refractivity contribution in [1.29, 1.82) is 0 Å². The molecule has 12 heteroatoms. The Balaban J connectivity index is 1.36. The lowest BCUT2D eigenvalue weighted by Crippen LogP contribution is -2.27. The fraction of sp³-hybridized carbons (Fsp3) is 0.167. The van der Waals surface area contributed by atoms with Crippen molar-refractivity contribution in [3.05, 3.63) is 107 Å². The molecule has 214 valence electrons. The van der Waals surface area contributed by atoms with Crippen LogP contribution in [0.25, 0.3) is 16.6 Å². The number of aryl methyl sites for hydroxylation is 2. The van der Waals surface area contributed by atoms with Crippen molar-refractivity contribution in [2.45, 2.75) is 42.5 Å². The van der Waals surface area contributed by atoms with Crippen molar-refractivity contribution in [3.63, 3.8) is 0 Å². The Bertz CT molecular complexity index is 1910. The molecule has 5 aromatic rings. The Hall–Kier alpha value is -4.55. The van der Waals surface area contributed by atoms with Crippen LogP contribution < -0.4 is 15.6 Å². The van der Waals surface area contributed by atoms with E-state index in [2.05, 4.69) is 20.0 Å². The van der Waals surface area contributed by atoms with E-state index in [9.17, 15) is 18.0 Å². The number of hydrogen-bond acceptors (Lipinski definition) is 8. The number of benzene rings is 3. The maximum absolute atomic E-state index is 13.5. The average molecular weight is 601 g/mol. The number of nitrogens with one attached hydrogen (secondary N) is 2. The maximum Gasteiger partial charge on any atom is 0.266 e. The second-order valence-electron chi connectivity index (χ2n) is 9.50. The number of carbonyl (C=O) groups is 1. The molecule has 2 N–H and O–H groups in total. The molecule has 0 aliphatic carbocycles. The summed E-state index contributed by atoms with van der Waals surface area (Å²) >= 11 is 1.20. The summed E-state index contributed by atoms with van der Waals surface area (Å²) in [5.41, 5.74) is 2.68. The van der Waals surface area contributed by atoms with Crippen LogP contribution in [0.3, 0.4) is 0 Å². The van der Waals surface area contributed by atoms with Crippen LogP contribution in [0, 0.1) is 13.8 Å². The standard InChI is InChI=1S/C30H28N6O4S2/c1-4-26(41-30-34-25-13-9-8-12-24(25)28(38)36(30)22-10-6-5-7-11-22)27(37)33-21-14-16-23(17-15-21)42(39,40)35-29-31-19(2)18-20(3)32-29/h5-18,26H,4H2,1-3H3,(H,33,37)(H,31,32,35). The third kappa shape index (κ3) is 6.34. The highest BCUT2D eigenvalue weighted by Gasteiger charge is 2.23. The lowest BCUT2D eigenvalue weighted by molar-refractivity contribution is -0.115. The third-order valence-corrected chi connectivity index (χ3v) is 8.97. The van der Waals surface area contributed by atoms with Gasteiger partial charge in [-0.3, -0.25) is 14.2 Å². The maximum atomic E-state index is 13.5. The third-order valence-electron chi connectivity index (χ3n) is 6.31. The van der Waals surface area contributed by atoms with Crippen molar-refractivity contribution in [2.24, 2.45) is 0 Å². The van der Waals surface area contributed by atoms with Crippen molar-refractivity contribution in [1.82, 2.24) is 19.5 Å². The summed E-state index contributed by atoms with van der Waals surface area (Å²) in [4.78, 5) is 39.8. The van der Waals surface area contributed by atoms with E-state index >= 15 is 0 Å². The van der Waals surface area contributed by atoms with Gasteiger partial charge in [-0.1, -0.05) is 49.0 Å². The monoisotopic (exact) mass is 600 g/mol. The highest BCUT2D eigenvalue weighted by Crippen LogP contribution is 2.28. The molecule has 1 unspecified atom stereocenters. The van der Waals surface area contributed by atoms with Gasteiger partial charge in [0.2, 0.25) is 11.9 Å². The summed E-state index contributed by atoms with van der Waals surface area (Å²) in [6, 6.07) is 23.8. The van der Waals surface area contributed by atoms with Crippen molar-refractivity contribution in [3.8, 4) is 5.69 Å². The Labute approximate surface area is 247 Å². The second-order valence-corrected chi connectivity index (χ2v) is 12.3. The number of rotatable bonds is 9. The number of sulfonamides is 1. The van der Waals surface area contributed by atoms with E-state index in [0.717, 1.165) is 0 Å². The van der Waals surface area contributed by atoms with Gasteiger partial charge in [-0.15, -0.1) is 0 Å². The molecule has 2 heterocycles. The zero-order chi connectivity index (χ0) is 29.9. The van der Waals surface area contributed by atoms with Crippen LogP contribution in [0.2, 0.25) is 0 Å². The summed E-state index contributed by atoms with van der Waals surface area (Å²) in [5.74, 6) is -0.314. The first-order valence-electron chi connectivity index (χ1n) is 13.1. The number of aromatic nitrogens is 4. The van der Waals surface area contributed by atoms with Crippen LogP contribution in [0.5, 0.6) is 0 Å². The van der Waals surface area contributed by atoms with Gasteiger partial charge >= 0.3 is 0 Å². The molecular weight excluding hydrogens is 573 g/mol. The first-order chi connectivity index (χ1) is 20.1. The molecule has 0 aliphatic heterocycles. The fourth-order valence-electron chi connectivity index (χ4n) is 4.34. The topological polar surface area (TPSA) is 136 Å². The predicted octanol–water partition coefficient (Wildman–Crippen LogP) is 5.10. The molecule has 2 aromatic heterocycles. The van der Waals surface area contributed by atoms with Crippen LogP contribution in [0.1, 0.15) is 24.7 Å². The number of hydrogen-bond donors (Lipinski definition) is 2. The minimum absolute atomic E-state index is 0.00286.